The average Bonchev–Trinajstić information content (AvgIpc) is 2.84. The number of benzene rings is 2. The Balaban J connectivity index is 0.00000112. The molecule has 42 heavy (non-hydrogen) atoms. The predicted octanol–water partition coefficient (Wildman–Crippen LogP) is 5.99. The highest BCUT2D eigenvalue weighted by Gasteiger charge is 2.49. The van der Waals surface area contributed by atoms with E-state index in [9.17, 15) is 43.2 Å². The second-order valence-electron chi connectivity index (χ2n) is 8.66. The van der Waals surface area contributed by atoms with Crippen LogP contribution in [0.15, 0.2) is 53.7 Å². The fraction of sp³-hybridized carbons (Fsp3) is 0.480. The quantitative estimate of drug-likeness (QED) is 0.0673. The first kappa shape index (κ1) is 37.0. The number of sulfone groups is 1. The van der Waals surface area contributed by atoms with Gasteiger partial charge in [-0.1, -0.05) is 31.1 Å². The predicted molar refractivity (Wildman–Crippen MR) is 142 cm³/mol. The summed E-state index contributed by atoms with van der Waals surface area (Å²) in [6.07, 6.45) is -8.90. The topological polar surface area (TPSA) is 140 Å². The Hall–Kier alpha value is -3.05. The SMILES string of the molecule is CCCS(=O)(=O)C(c1ccc(OCCCOc2ccc(C(=NO)C(F)(F)F)cc2)cc1)C(F)(F)F.CCCS(=O)(=O)O. The molecule has 0 heterocycles. The molecule has 0 fully saturated rings. The van der Waals surface area contributed by atoms with E-state index >= 15 is 0 Å². The van der Waals surface area contributed by atoms with Crippen molar-refractivity contribution in [2.75, 3.05) is 24.7 Å². The summed E-state index contributed by atoms with van der Waals surface area (Å²) in [5, 5.41) is 8.22. The van der Waals surface area contributed by atoms with Gasteiger partial charge in [0.15, 0.2) is 20.8 Å². The van der Waals surface area contributed by atoms with E-state index < -0.39 is 54.6 Å². The second kappa shape index (κ2) is 16.0. The van der Waals surface area contributed by atoms with Gasteiger partial charge in [-0.25, -0.2) is 8.42 Å². The zero-order valence-corrected chi connectivity index (χ0v) is 24.2. The average molecular weight is 652 g/mol. The Morgan fingerprint density at radius 1 is 0.810 bits per heavy atom. The van der Waals surface area contributed by atoms with Crippen molar-refractivity contribution in [3.63, 3.8) is 0 Å². The Labute approximate surface area is 239 Å². The summed E-state index contributed by atoms with van der Waals surface area (Å²) in [6, 6.07) is 9.33. The van der Waals surface area contributed by atoms with Gasteiger partial charge in [0, 0.05) is 12.0 Å². The van der Waals surface area contributed by atoms with Crippen LogP contribution in [0.25, 0.3) is 0 Å². The summed E-state index contributed by atoms with van der Waals surface area (Å²) >= 11 is 0. The number of ether oxygens (including phenoxy) is 2. The normalized spacial score (nSPS) is 13.6. The number of hydrogen-bond acceptors (Lipinski definition) is 8. The molecule has 0 aliphatic rings. The number of nitrogens with zero attached hydrogens (tertiary/aromatic N) is 1. The minimum Gasteiger partial charge on any atom is -0.493 e. The fourth-order valence-corrected chi connectivity index (χ4v) is 5.72. The van der Waals surface area contributed by atoms with Crippen molar-refractivity contribution < 1.29 is 62.4 Å². The summed E-state index contributed by atoms with van der Waals surface area (Å²) in [5.74, 6) is -0.220. The maximum Gasteiger partial charge on any atom is 0.437 e. The molecule has 238 valence electrons. The zero-order valence-electron chi connectivity index (χ0n) is 22.5. The highest BCUT2D eigenvalue weighted by molar-refractivity contribution is 7.91. The summed E-state index contributed by atoms with van der Waals surface area (Å²) < 4.78 is 141. The van der Waals surface area contributed by atoms with E-state index in [1.54, 1.807) is 6.92 Å². The van der Waals surface area contributed by atoms with Gasteiger partial charge in [-0.15, -0.1) is 0 Å². The Bertz CT molecular complexity index is 1340. The van der Waals surface area contributed by atoms with Gasteiger partial charge in [0.05, 0.1) is 24.7 Å². The first-order valence-electron chi connectivity index (χ1n) is 12.3. The molecule has 2 aromatic carbocycles. The smallest absolute Gasteiger partial charge is 0.437 e. The molecule has 0 aromatic heterocycles. The molecule has 0 amide bonds. The van der Waals surface area contributed by atoms with Crippen LogP contribution in [0, 0.1) is 0 Å². The van der Waals surface area contributed by atoms with Crippen LogP contribution in [0.4, 0.5) is 26.3 Å². The lowest BCUT2D eigenvalue weighted by Gasteiger charge is -2.21. The molecule has 0 aliphatic carbocycles. The fourth-order valence-electron chi connectivity index (χ4n) is 3.43. The summed E-state index contributed by atoms with van der Waals surface area (Å²) in [7, 11) is -8.09. The Kier molecular flexibility index (Phi) is 14.1. The largest absolute Gasteiger partial charge is 0.493 e. The standard InChI is InChI=1S/C22H23F6NO5S.C3H8O3S/c1-2-14-35(31,32)20(22(26,27)28)16-6-10-18(11-7-16)34-13-3-12-33-17-8-4-15(5-9-17)19(29-30)21(23,24)25;1-2-3-7(4,5)6/h4-11,20,30H,2-3,12-14H2,1H3;2-3H2,1H3,(H,4,5,6). The van der Waals surface area contributed by atoms with Crippen molar-refractivity contribution in [3.8, 4) is 11.5 Å². The molecule has 0 aliphatic heterocycles. The van der Waals surface area contributed by atoms with Crippen molar-refractivity contribution in [2.45, 2.75) is 50.7 Å². The van der Waals surface area contributed by atoms with Crippen molar-refractivity contribution in [1.82, 2.24) is 0 Å². The molecule has 0 radical (unpaired) electrons. The van der Waals surface area contributed by atoms with E-state index in [1.165, 1.54) is 31.2 Å². The molecule has 2 aromatic rings. The van der Waals surface area contributed by atoms with Crippen LogP contribution in [0.3, 0.4) is 0 Å². The number of oxime groups is 1. The van der Waals surface area contributed by atoms with Crippen LogP contribution in [0.2, 0.25) is 0 Å². The van der Waals surface area contributed by atoms with Crippen LogP contribution in [-0.2, 0) is 20.0 Å². The molecule has 0 saturated carbocycles. The minimum atomic E-state index is -4.95. The van der Waals surface area contributed by atoms with Crippen LogP contribution < -0.4 is 9.47 Å². The molecular weight excluding hydrogens is 620 g/mol. The van der Waals surface area contributed by atoms with E-state index in [-0.39, 0.29) is 42.4 Å². The Morgan fingerprint density at radius 3 is 1.60 bits per heavy atom. The van der Waals surface area contributed by atoms with Crippen LogP contribution in [0.5, 0.6) is 11.5 Å². The van der Waals surface area contributed by atoms with Crippen molar-refractivity contribution in [1.29, 1.82) is 0 Å². The van der Waals surface area contributed by atoms with Gasteiger partial charge >= 0.3 is 12.4 Å². The first-order chi connectivity index (χ1) is 19.4. The maximum absolute atomic E-state index is 13.4. The van der Waals surface area contributed by atoms with Gasteiger partial charge in [-0.05, 0) is 54.8 Å². The number of rotatable bonds is 13. The third kappa shape index (κ3) is 12.9. The van der Waals surface area contributed by atoms with Crippen LogP contribution in [0.1, 0.15) is 49.5 Å². The lowest BCUT2D eigenvalue weighted by molar-refractivity contribution is -0.131. The van der Waals surface area contributed by atoms with E-state index in [2.05, 4.69) is 5.16 Å². The third-order valence-corrected chi connectivity index (χ3v) is 8.27. The maximum atomic E-state index is 13.4. The highest BCUT2D eigenvalue weighted by atomic mass is 32.2. The van der Waals surface area contributed by atoms with Gasteiger partial charge in [0.2, 0.25) is 0 Å². The van der Waals surface area contributed by atoms with Gasteiger partial charge in [0.25, 0.3) is 10.1 Å². The molecule has 17 heteroatoms. The van der Waals surface area contributed by atoms with Crippen molar-refractivity contribution in [3.05, 3.63) is 59.7 Å². The molecule has 2 rings (SSSR count). The van der Waals surface area contributed by atoms with Crippen LogP contribution >= 0.6 is 0 Å². The first-order valence-corrected chi connectivity index (χ1v) is 15.7. The number of hydrogen-bond donors (Lipinski definition) is 2. The van der Waals surface area contributed by atoms with Crippen LogP contribution in [-0.4, -0.2) is 69.4 Å². The molecule has 0 bridgehead atoms. The molecule has 1 unspecified atom stereocenters. The van der Waals surface area contributed by atoms with Gasteiger partial charge in [0.1, 0.15) is 11.5 Å². The Morgan fingerprint density at radius 2 is 1.26 bits per heavy atom. The van der Waals surface area contributed by atoms with Gasteiger partial charge < -0.3 is 14.7 Å². The van der Waals surface area contributed by atoms with E-state index in [1.807, 2.05) is 0 Å². The molecular formula is C25H31F6NO8S2. The van der Waals surface area contributed by atoms with E-state index in [0.29, 0.717) is 12.8 Å². The monoisotopic (exact) mass is 651 g/mol. The molecule has 9 nitrogen and oxygen atoms in total. The van der Waals surface area contributed by atoms with E-state index in [0.717, 1.165) is 24.3 Å². The van der Waals surface area contributed by atoms with Crippen molar-refractivity contribution in [2.24, 2.45) is 5.16 Å². The van der Waals surface area contributed by atoms with Gasteiger partial charge in [-0.2, -0.15) is 34.8 Å². The summed E-state index contributed by atoms with van der Waals surface area (Å²) in [5.41, 5.74) is -2.17. The lowest BCUT2D eigenvalue weighted by atomic mass is 10.1. The molecule has 0 saturated heterocycles. The second-order valence-corrected chi connectivity index (χ2v) is 12.4. The zero-order chi connectivity index (χ0) is 32.2. The minimum absolute atomic E-state index is 0.0633. The number of halogens is 6. The lowest BCUT2D eigenvalue weighted by Crippen LogP contribution is -2.30. The van der Waals surface area contributed by atoms with Gasteiger partial charge in [-0.3, -0.25) is 4.55 Å². The summed E-state index contributed by atoms with van der Waals surface area (Å²) in [4.78, 5) is 0. The van der Waals surface area contributed by atoms with E-state index in [4.69, 9.17) is 19.2 Å². The molecule has 0 spiro atoms. The highest BCUT2D eigenvalue weighted by Crippen LogP contribution is 2.40. The third-order valence-electron chi connectivity index (χ3n) is 5.11. The number of alkyl halides is 6. The summed E-state index contributed by atoms with van der Waals surface area (Å²) in [6.45, 7) is 3.41. The molecule has 2 N–H and O–H groups in total. The molecule has 1 atom stereocenters. The van der Waals surface area contributed by atoms with Crippen molar-refractivity contribution >= 4 is 25.7 Å².